The molecule has 1 atom stereocenters. The van der Waals surface area contributed by atoms with Gasteiger partial charge in [-0.2, -0.15) is 4.98 Å². The first-order valence-electron chi connectivity index (χ1n) is 8.28. The molecule has 1 unspecified atom stereocenters. The zero-order chi connectivity index (χ0) is 18.4. The van der Waals surface area contributed by atoms with E-state index in [0.717, 1.165) is 24.2 Å². The lowest BCUT2D eigenvalue weighted by molar-refractivity contribution is 0.190. The second kappa shape index (κ2) is 7.22. The van der Waals surface area contributed by atoms with Crippen LogP contribution in [-0.2, 0) is 14.1 Å². The van der Waals surface area contributed by atoms with Gasteiger partial charge < -0.3 is 9.84 Å². The molecule has 4 rings (SSSR count). The molecule has 0 spiro atoms. The van der Waals surface area contributed by atoms with Crippen molar-refractivity contribution in [1.29, 1.82) is 0 Å². The van der Waals surface area contributed by atoms with E-state index in [1.54, 1.807) is 13.1 Å². The number of nitrogens with one attached hydrogen (secondary N) is 1. The molecule has 3 aromatic heterocycles. The summed E-state index contributed by atoms with van der Waals surface area (Å²) < 4.78 is 7.78. The Morgan fingerprint density at radius 3 is 2.74 bits per heavy atom. The highest BCUT2D eigenvalue weighted by Gasteiger charge is 2.25. The van der Waals surface area contributed by atoms with E-state index in [1.165, 1.54) is 17.8 Å². The first-order chi connectivity index (χ1) is 12.5. The van der Waals surface area contributed by atoms with E-state index in [0.29, 0.717) is 28.3 Å². The van der Waals surface area contributed by atoms with Crippen LogP contribution in [0.5, 0.6) is 0 Å². The van der Waals surface area contributed by atoms with Crippen molar-refractivity contribution in [3.63, 3.8) is 0 Å². The zero-order valence-electron chi connectivity index (χ0n) is 15.2. The van der Waals surface area contributed by atoms with Gasteiger partial charge in [0.15, 0.2) is 5.82 Å². The molecule has 27 heavy (non-hydrogen) atoms. The van der Waals surface area contributed by atoms with Crippen LogP contribution >= 0.6 is 12.4 Å². The standard InChI is InChI=1S/C16H19N7O3.ClH/c1-21-5-4-17-8-11(21)12-19-14(26-20-12)9-6-10-13(18-7-9)22(2)16(25)23(3)15(10)24;/h6-7,11,17H,4-5,8H2,1-3H3;1H. The summed E-state index contributed by atoms with van der Waals surface area (Å²) in [5, 5.41) is 7.72. The SMILES string of the molecule is CN1CCNCC1c1noc(-c2cnc3c(c2)c(=O)n(C)c(=O)n3C)n1.Cl. The zero-order valence-corrected chi connectivity index (χ0v) is 16.0. The average Bonchev–Trinajstić information content (AvgIpc) is 3.14. The van der Waals surface area contributed by atoms with Gasteiger partial charge in [-0.15, -0.1) is 12.4 Å². The van der Waals surface area contributed by atoms with Crippen molar-refractivity contribution < 1.29 is 4.52 Å². The third kappa shape index (κ3) is 3.15. The van der Waals surface area contributed by atoms with Gasteiger partial charge in [0.25, 0.3) is 11.4 Å². The van der Waals surface area contributed by atoms with Crippen molar-refractivity contribution in [2.45, 2.75) is 6.04 Å². The van der Waals surface area contributed by atoms with Crippen LogP contribution in [0.25, 0.3) is 22.5 Å². The lowest BCUT2D eigenvalue weighted by atomic mass is 10.2. The van der Waals surface area contributed by atoms with Crippen LogP contribution in [0.3, 0.4) is 0 Å². The number of rotatable bonds is 2. The summed E-state index contributed by atoms with van der Waals surface area (Å²) in [5.74, 6) is 0.882. The van der Waals surface area contributed by atoms with Crippen molar-refractivity contribution in [2.24, 2.45) is 14.1 Å². The third-order valence-electron chi connectivity index (χ3n) is 4.79. The topological polar surface area (TPSA) is 111 Å². The Labute approximate surface area is 160 Å². The number of hydrogen-bond acceptors (Lipinski definition) is 8. The van der Waals surface area contributed by atoms with Crippen LogP contribution in [0.15, 0.2) is 26.4 Å². The fourth-order valence-electron chi connectivity index (χ4n) is 3.16. The largest absolute Gasteiger partial charge is 0.334 e. The summed E-state index contributed by atoms with van der Waals surface area (Å²) in [7, 11) is 5.03. The van der Waals surface area contributed by atoms with E-state index in [1.807, 2.05) is 7.05 Å². The molecule has 0 aromatic carbocycles. The van der Waals surface area contributed by atoms with E-state index in [2.05, 4.69) is 25.3 Å². The second-order valence-electron chi connectivity index (χ2n) is 6.46. The van der Waals surface area contributed by atoms with E-state index in [4.69, 9.17) is 4.52 Å². The molecule has 3 aromatic rings. The quantitative estimate of drug-likeness (QED) is 0.630. The highest BCUT2D eigenvalue weighted by Crippen LogP contribution is 2.23. The van der Waals surface area contributed by atoms with Gasteiger partial charge in [-0.05, 0) is 13.1 Å². The minimum absolute atomic E-state index is 0. The summed E-state index contributed by atoms with van der Waals surface area (Å²) in [6.07, 6.45) is 1.53. The number of aryl methyl sites for hydroxylation is 1. The molecule has 1 saturated heterocycles. The summed E-state index contributed by atoms with van der Waals surface area (Å²) in [6, 6.07) is 1.66. The molecule has 0 aliphatic carbocycles. The van der Waals surface area contributed by atoms with Gasteiger partial charge in [0.2, 0.25) is 0 Å². The predicted molar refractivity (Wildman–Crippen MR) is 101 cm³/mol. The normalized spacial score (nSPS) is 17.8. The number of halogens is 1. The van der Waals surface area contributed by atoms with Crippen molar-refractivity contribution in [2.75, 3.05) is 26.7 Å². The molecule has 1 N–H and O–H groups in total. The van der Waals surface area contributed by atoms with E-state index >= 15 is 0 Å². The van der Waals surface area contributed by atoms with Gasteiger partial charge in [0, 0.05) is 39.9 Å². The maximum absolute atomic E-state index is 12.4. The number of aromatic nitrogens is 5. The van der Waals surface area contributed by atoms with Gasteiger partial charge in [-0.1, -0.05) is 5.16 Å². The first-order valence-corrected chi connectivity index (χ1v) is 8.28. The predicted octanol–water partition coefficient (Wildman–Crippen LogP) is -0.320. The molecule has 1 aliphatic rings. The van der Waals surface area contributed by atoms with Gasteiger partial charge in [-0.25, -0.2) is 9.78 Å². The number of pyridine rings is 1. The molecule has 1 aliphatic heterocycles. The number of piperazine rings is 1. The first kappa shape index (κ1) is 19.2. The molecule has 0 radical (unpaired) electrons. The molecular weight excluding hydrogens is 374 g/mol. The Hall–Kier alpha value is -2.56. The lowest BCUT2D eigenvalue weighted by Gasteiger charge is -2.30. The van der Waals surface area contributed by atoms with Crippen molar-refractivity contribution in [3.05, 3.63) is 38.9 Å². The van der Waals surface area contributed by atoms with Crippen LogP contribution in [-0.4, -0.2) is 55.8 Å². The Kier molecular flexibility index (Phi) is 5.13. The summed E-state index contributed by atoms with van der Waals surface area (Å²) >= 11 is 0. The molecule has 11 heteroatoms. The van der Waals surface area contributed by atoms with E-state index in [-0.39, 0.29) is 18.4 Å². The van der Waals surface area contributed by atoms with Crippen molar-refractivity contribution in [1.82, 2.24) is 34.5 Å². The minimum atomic E-state index is -0.421. The summed E-state index contributed by atoms with van der Waals surface area (Å²) in [4.78, 5) is 35.3. The molecule has 1 fully saturated rings. The number of likely N-dealkylation sites (N-methyl/N-ethyl adjacent to an activating group) is 1. The molecular formula is C16H20ClN7O3. The number of nitrogens with zero attached hydrogens (tertiary/aromatic N) is 6. The van der Waals surface area contributed by atoms with Gasteiger partial charge in [0.1, 0.15) is 5.65 Å². The molecule has 10 nitrogen and oxygen atoms in total. The molecule has 144 valence electrons. The van der Waals surface area contributed by atoms with Gasteiger partial charge in [-0.3, -0.25) is 18.8 Å². The fourth-order valence-corrected chi connectivity index (χ4v) is 3.16. The number of hydrogen-bond donors (Lipinski definition) is 1. The molecule has 0 saturated carbocycles. The smallest absolute Gasteiger partial charge is 0.332 e. The average molecular weight is 394 g/mol. The monoisotopic (exact) mass is 393 g/mol. The van der Waals surface area contributed by atoms with E-state index in [9.17, 15) is 9.59 Å². The Morgan fingerprint density at radius 2 is 2.00 bits per heavy atom. The van der Waals surface area contributed by atoms with Crippen LogP contribution < -0.4 is 16.6 Å². The molecule has 4 heterocycles. The maximum atomic E-state index is 12.4. The maximum Gasteiger partial charge on any atom is 0.332 e. The molecule has 0 amide bonds. The Morgan fingerprint density at radius 1 is 1.22 bits per heavy atom. The van der Waals surface area contributed by atoms with Crippen LogP contribution in [0, 0.1) is 0 Å². The van der Waals surface area contributed by atoms with Crippen LogP contribution in [0.2, 0.25) is 0 Å². The van der Waals surface area contributed by atoms with E-state index < -0.39 is 11.2 Å². The van der Waals surface area contributed by atoms with Gasteiger partial charge in [0.05, 0.1) is 17.0 Å². The van der Waals surface area contributed by atoms with Crippen molar-refractivity contribution in [3.8, 4) is 11.5 Å². The molecule has 0 bridgehead atoms. The highest BCUT2D eigenvalue weighted by atomic mass is 35.5. The van der Waals surface area contributed by atoms with Crippen molar-refractivity contribution >= 4 is 23.4 Å². The highest BCUT2D eigenvalue weighted by molar-refractivity contribution is 5.85. The lowest BCUT2D eigenvalue weighted by Crippen LogP contribution is -2.44. The second-order valence-corrected chi connectivity index (χ2v) is 6.46. The van der Waals surface area contributed by atoms with Crippen LogP contribution in [0.1, 0.15) is 11.9 Å². The van der Waals surface area contributed by atoms with Gasteiger partial charge >= 0.3 is 5.69 Å². The Bertz CT molecular complexity index is 1100. The van der Waals surface area contributed by atoms with Crippen LogP contribution in [0.4, 0.5) is 0 Å². The third-order valence-corrected chi connectivity index (χ3v) is 4.79. The summed E-state index contributed by atoms with van der Waals surface area (Å²) in [6.45, 7) is 2.57. The number of fused-ring (bicyclic) bond motifs is 1. The fraction of sp³-hybridized carbons (Fsp3) is 0.438. The minimum Gasteiger partial charge on any atom is -0.334 e. The summed E-state index contributed by atoms with van der Waals surface area (Å²) in [5.41, 5.74) is 0.0280. The Balaban J connectivity index is 0.00000210.